The average Bonchev–Trinajstić information content (AvgIpc) is 2.92. The van der Waals surface area contributed by atoms with Crippen LogP contribution >= 0.6 is 10.3 Å². The lowest BCUT2D eigenvalue weighted by Gasteiger charge is -2.35. The highest BCUT2D eigenvalue weighted by molar-refractivity contribution is 8.32. The molecule has 4 aromatic carbocycles. The third-order valence-corrected chi connectivity index (χ3v) is 11.8. The molecule has 0 aliphatic heterocycles. The van der Waals surface area contributed by atoms with Crippen molar-refractivity contribution >= 4 is 37.5 Å². The summed E-state index contributed by atoms with van der Waals surface area (Å²) in [6.07, 6.45) is 0. The van der Waals surface area contributed by atoms with E-state index in [9.17, 15) is 12.8 Å². The van der Waals surface area contributed by atoms with Crippen molar-refractivity contribution in [3.8, 4) is 0 Å². The van der Waals surface area contributed by atoms with Crippen LogP contribution in [-0.2, 0) is 10.1 Å². The third kappa shape index (κ3) is 5.90. The lowest BCUT2D eigenvalue weighted by molar-refractivity contribution is 0.387. The molecule has 0 saturated carbocycles. The molecular formula is C30H35FN3O3S2+. The number of nitrogens with zero attached hydrogens (tertiary/aromatic N) is 3. The first kappa shape index (κ1) is 28.5. The molecule has 4 aromatic rings. The smallest absolute Gasteiger partial charge is 0.378 e. The van der Waals surface area contributed by atoms with Gasteiger partial charge in [0.25, 0.3) is 0 Å². The number of rotatable bonds is 9. The van der Waals surface area contributed by atoms with E-state index >= 15 is 0 Å². The minimum atomic E-state index is -4.19. The summed E-state index contributed by atoms with van der Waals surface area (Å²) in [5.41, 5.74) is 2.96. The van der Waals surface area contributed by atoms with E-state index in [2.05, 4.69) is 0 Å². The van der Waals surface area contributed by atoms with E-state index < -0.39 is 26.2 Å². The summed E-state index contributed by atoms with van der Waals surface area (Å²) in [4.78, 5) is 8.23. The van der Waals surface area contributed by atoms with Crippen molar-refractivity contribution in [1.82, 2.24) is 0 Å². The van der Waals surface area contributed by atoms with Crippen molar-refractivity contribution in [3.05, 3.63) is 103 Å². The topological polar surface area (TPSA) is 56.7 Å². The predicted octanol–water partition coefficient (Wildman–Crippen LogP) is 6.70. The van der Waals surface area contributed by atoms with E-state index in [1.54, 1.807) is 0 Å². The summed E-state index contributed by atoms with van der Waals surface area (Å²) in [5.74, 6) is -0.509. The van der Waals surface area contributed by atoms with Crippen LogP contribution in [0.1, 0.15) is 0 Å². The monoisotopic (exact) mass is 568 g/mol. The molecule has 0 unspecified atom stereocenters. The Bertz CT molecular complexity index is 1380. The van der Waals surface area contributed by atoms with Gasteiger partial charge >= 0.3 is 10.1 Å². The first-order valence-electron chi connectivity index (χ1n) is 12.3. The van der Waals surface area contributed by atoms with Crippen LogP contribution in [0.4, 0.5) is 21.5 Å². The van der Waals surface area contributed by atoms with E-state index in [1.165, 1.54) is 12.1 Å². The molecule has 1 N–H and O–H groups in total. The molecular weight excluding hydrogens is 533 g/mol. The highest BCUT2D eigenvalue weighted by Crippen LogP contribution is 2.69. The Morgan fingerprint density at radius 2 is 0.769 bits per heavy atom. The second-order valence-electron chi connectivity index (χ2n) is 9.75. The third-order valence-electron chi connectivity index (χ3n) is 6.40. The van der Waals surface area contributed by atoms with Crippen LogP contribution in [0.3, 0.4) is 0 Å². The molecule has 39 heavy (non-hydrogen) atoms. The second-order valence-corrected chi connectivity index (χ2v) is 14.3. The highest BCUT2D eigenvalue weighted by atomic mass is 32.3. The van der Waals surface area contributed by atoms with Crippen molar-refractivity contribution in [1.29, 1.82) is 0 Å². The van der Waals surface area contributed by atoms with E-state index in [1.807, 2.05) is 130 Å². The van der Waals surface area contributed by atoms with Gasteiger partial charge in [-0.2, -0.15) is 0 Å². The molecule has 0 radical (unpaired) electrons. The van der Waals surface area contributed by atoms with Gasteiger partial charge in [-0.15, -0.1) is 8.42 Å². The fraction of sp³-hybridized carbons (Fsp3) is 0.200. The fourth-order valence-electron chi connectivity index (χ4n) is 4.16. The Balaban J connectivity index is 2.02. The SMILES string of the molecule is CN(C)c1ccc(S([OH+]S(=O)(=O)c2ccc(F)cc2)(c2ccc(N(C)C)cc2)c2ccc(N(C)C)cc2)cc1. The Labute approximate surface area is 232 Å². The van der Waals surface area contributed by atoms with Gasteiger partial charge in [-0.05, 0) is 97.1 Å². The van der Waals surface area contributed by atoms with Crippen LogP contribution in [0, 0.1) is 5.82 Å². The zero-order valence-electron chi connectivity index (χ0n) is 23.0. The summed E-state index contributed by atoms with van der Waals surface area (Å²) in [7, 11) is 4.86. The number of hydrogen-bond acceptors (Lipinski definition) is 5. The molecule has 6 nitrogen and oxygen atoms in total. The Morgan fingerprint density at radius 1 is 0.487 bits per heavy atom. The Morgan fingerprint density at radius 3 is 1.05 bits per heavy atom. The largest absolute Gasteiger partial charge is 0.422 e. The summed E-state index contributed by atoms with van der Waals surface area (Å²) >= 11 is 0. The Kier molecular flexibility index (Phi) is 8.25. The molecule has 206 valence electrons. The average molecular weight is 569 g/mol. The van der Waals surface area contributed by atoms with Gasteiger partial charge in [-0.3, -0.25) is 3.63 Å². The standard InChI is InChI=1S/C30H34FN3O3S2/c1-32(2)24-9-17-27(18-10-24)38(28-19-11-25(12-20-28)33(3)4,29-21-13-26(14-22-29)34(5)6)37-39(35,36)30-15-7-23(31)8-16-30/h7-22H,1-6H3/p+1. The van der Waals surface area contributed by atoms with E-state index in [-0.39, 0.29) is 4.90 Å². The molecule has 9 heteroatoms. The minimum Gasteiger partial charge on any atom is -0.378 e. The molecule has 0 heterocycles. The van der Waals surface area contributed by atoms with Crippen molar-refractivity contribution in [2.75, 3.05) is 57.0 Å². The predicted molar refractivity (Wildman–Crippen MR) is 161 cm³/mol. The lowest BCUT2D eigenvalue weighted by atomic mass is 10.3. The molecule has 0 fully saturated rings. The maximum atomic E-state index is 13.9. The van der Waals surface area contributed by atoms with Crippen molar-refractivity contribution in [3.63, 3.8) is 0 Å². The maximum Gasteiger partial charge on any atom is 0.422 e. The normalized spacial score (nSPS) is 12.2. The molecule has 0 spiro atoms. The van der Waals surface area contributed by atoms with Gasteiger partial charge in [0.05, 0.1) is 25.0 Å². The van der Waals surface area contributed by atoms with Crippen LogP contribution < -0.4 is 14.7 Å². The number of hydrogen-bond donors (Lipinski definition) is 0. The van der Waals surface area contributed by atoms with Crippen LogP contribution in [0.5, 0.6) is 0 Å². The molecule has 0 saturated heterocycles. The van der Waals surface area contributed by atoms with Gasteiger partial charge in [0, 0.05) is 59.3 Å². The molecule has 0 aliphatic rings. The van der Waals surface area contributed by atoms with Gasteiger partial charge in [0.1, 0.15) is 10.7 Å². The Hall–Kier alpha value is -3.53. The van der Waals surface area contributed by atoms with E-state index in [0.29, 0.717) is 0 Å². The first-order chi connectivity index (χ1) is 18.4. The number of anilines is 3. The van der Waals surface area contributed by atoms with Crippen molar-refractivity contribution in [2.24, 2.45) is 0 Å². The molecule has 0 atom stereocenters. The quantitative estimate of drug-likeness (QED) is 0.166. The second kappa shape index (κ2) is 11.3. The maximum absolute atomic E-state index is 13.9. The molecule has 0 aliphatic carbocycles. The molecule has 0 aromatic heterocycles. The lowest BCUT2D eigenvalue weighted by Crippen LogP contribution is -2.19. The summed E-state index contributed by atoms with van der Waals surface area (Å²) in [6.45, 7) is 0. The van der Waals surface area contributed by atoms with Crippen LogP contribution in [0.15, 0.2) is 117 Å². The number of benzene rings is 4. The van der Waals surface area contributed by atoms with E-state index in [0.717, 1.165) is 43.9 Å². The molecule has 4 rings (SSSR count). The summed E-state index contributed by atoms with van der Waals surface area (Å²) in [6, 6.07) is 28.4. The van der Waals surface area contributed by atoms with Crippen LogP contribution in [0.25, 0.3) is 0 Å². The number of halogens is 1. The minimum absolute atomic E-state index is 0.0551. The van der Waals surface area contributed by atoms with Crippen molar-refractivity contribution < 1.29 is 16.4 Å². The highest BCUT2D eigenvalue weighted by Gasteiger charge is 2.43. The van der Waals surface area contributed by atoms with Crippen molar-refractivity contribution in [2.45, 2.75) is 19.6 Å². The van der Waals surface area contributed by atoms with Gasteiger partial charge in [0.15, 0.2) is 0 Å². The van der Waals surface area contributed by atoms with Gasteiger partial charge in [0.2, 0.25) is 0 Å². The molecule has 0 bridgehead atoms. The summed E-state index contributed by atoms with van der Waals surface area (Å²) < 4.78 is 46.3. The zero-order chi connectivity index (χ0) is 28.4. The first-order valence-corrected chi connectivity index (χ1v) is 15.4. The van der Waals surface area contributed by atoms with Gasteiger partial charge in [-0.1, -0.05) is 0 Å². The molecule has 0 amide bonds. The fourth-order valence-corrected chi connectivity index (χ4v) is 9.60. The van der Waals surface area contributed by atoms with Crippen LogP contribution in [0.2, 0.25) is 0 Å². The zero-order valence-corrected chi connectivity index (χ0v) is 24.7. The van der Waals surface area contributed by atoms with E-state index in [4.69, 9.17) is 3.63 Å². The van der Waals surface area contributed by atoms with Gasteiger partial charge < -0.3 is 14.7 Å². The van der Waals surface area contributed by atoms with Crippen LogP contribution in [-0.4, -0.2) is 54.3 Å². The summed E-state index contributed by atoms with van der Waals surface area (Å²) in [5, 5.41) is 0. The van der Waals surface area contributed by atoms with Gasteiger partial charge in [-0.25, -0.2) is 4.39 Å².